The second kappa shape index (κ2) is 9.87. The topological polar surface area (TPSA) is 50.4 Å². The van der Waals surface area contributed by atoms with Crippen LogP contribution in [0.1, 0.15) is 15.9 Å². The Hall–Kier alpha value is -3.70. The van der Waals surface area contributed by atoms with E-state index in [4.69, 9.17) is 17.0 Å². The predicted molar refractivity (Wildman–Crippen MR) is 130 cm³/mol. The van der Waals surface area contributed by atoms with Crippen molar-refractivity contribution in [1.29, 1.82) is 0 Å². The van der Waals surface area contributed by atoms with Gasteiger partial charge in [0.15, 0.2) is 5.11 Å². The molecule has 0 aromatic heterocycles. The molecule has 0 bridgehead atoms. The van der Waals surface area contributed by atoms with E-state index in [1.165, 1.54) is 5.56 Å². The van der Waals surface area contributed by atoms with Gasteiger partial charge in [-0.2, -0.15) is 0 Å². The Bertz CT molecular complexity index is 1190. The van der Waals surface area contributed by atoms with Gasteiger partial charge in [0.2, 0.25) is 0 Å². The van der Waals surface area contributed by atoms with Gasteiger partial charge in [-0.1, -0.05) is 66.7 Å². The highest BCUT2D eigenvalue weighted by Crippen LogP contribution is 2.22. The molecule has 0 saturated carbocycles. The normalized spacial score (nSPS) is 10.5. The summed E-state index contributed by atoms with van der Waals surface area (Å²) in [6.45, 7) is 0.578. The van der Waals surface area contributed by atoms with Gasteiger partial charge in [-0.25, -0.2) is 0 Å². The summed E-state index contributed by atoms with van der Waals surface area (Å²) in [5, 5.41) is 8.25. The molecule has 4 nitrogen and oxygen atoms in total. The molecule has 154 valence electrons. The maximum absolute atomic E-state index is 12.5. The average Bonchev–Trinajstić information content (AvgIpc) is 2.80. The first-order chi connectivity index (χ1) is 15.2. The number of carbonyl (C=O) groups excluding carboxylic acids is 1. The highest BCUT2D eigenvalue weighted by Gasteiger charge is 2.09. The maximum atomic E-state index is 12.5. The monoisotopic (exact) mass is 426 g/mol. The number of rotatable bonds is 6. The third-order valence-electron chi connectivity index (χ3n) is 4.88. The van der Waals surface area contributed by atoms with E-state index in [1.807, 2.05) is 60.7 Å². The lowest BCUT2D eigenvalue weighted by Gasteiger charge is -2.12. The number of amides is 1. The lowest BCUT2D eigenvalue weighted by molar-refractivity contribution is 0.0977. The Balaban J connectivity index is 1.31. The lowest BCUT2D eigenvalue weighted by Crippen LogP contribution is -2.34. The number of hydrogen-bond donors (Lipinski definition) is 2. The van der Waals surface area contributed by atoms with Crippen LogP contribution in [0, 0.1) is 0 Å². The summed E-state index contributed by atoms with van der Waals surface area (Å²) in [7, 11) is 0. The van der Waals surface area contributed by atoms with Crippen LogP contribution in [0.2, 0.25) is 0 Å². The number of carbonyl (C=O) groups is 1. The van der Waals surface area contributed by atoms with Crippen LogP contribution in [0.5, 0.6) is 5.75 Å². The largest absolute Gasteiger partial charge is 0.493 e. The summed E-state index contributed by atoms with van der Waals surface area (Å²) in [4.78, 5) is 12.5. The van der Waals surface area contributed by atoms with Crippen molar-refractivity contribution in [2.45, 2.75) is 6.42 Å². The lowest BCUT2D eigenvalue weighted by atomic mass is 10.1. The fourth-order valence-corrected chi connectivity index (χ4v) is 3.50. The molecule has 0 heterocycles. The van der Waals surface area contributed by atoms with E-state index in [9.17, 15) is 4.79 Å². The molecule has 4 aromatic carbocycles. The number of ether oxygens (including phenoxy) is 1. The number of fused-ring (bicyclic) bond motifs is 1. The van der Waals surface area contributed by atoms with E-state index in [-0.39, 0.29) is 11.0 Å². The van der Waals surface area contributed by atoms with Crippen LogP contribution in [-0.4, -0.2) is 17.6 Å². The molecule has 4 rings (SSSR count). The second-order valence-electron chi connectivity index (χ2n) is 7.04. The Morgan fingerprint density at radius 2 is 1.52 bits per heavy atom. The van der Waals surface area contributed by atoms with E-state index in [2.05, 4.69) is 22.8 Å². The van der Waals surface area contributed by atoms with E-state index >= 15 is 0 Å². The minimum atomic E-state index is -0.270. The van der Waals surface area contributed by atoms with Gasteiger partial charge in [0.1, 0.15) is 5.75 Å². The Morgan fingerprint density at radius 3 is 2.32 bits per heavy atom. The number of anilines is 1. The van der Waals surface area contributed by atoms with E-state index in [0.29, 0.717) is 12.2 Å². The molecule has 1 amide bonds. The van der Waals surface area contributed by atoms with Crippen molar-refractivity contribution in [3.05, 3.63) is 108 Å². The van der Waals surface area contributed by atoms with Gasteiger partial charge in [0.25, 0.3) is 5.91 Å². The van der Waals surface area contributed by atoms with Crippen molar-refractivity contribution in [2.24, 2.45) is 0 Å². The van der Waals surface area contributed by atoms with Crippen molar-refractivity contribution in [3.8, 4) is 5.75 Å². The van der Waals surface area contributed by atoms with Gasteiger partial charge >= 0.3 is 0 Å². The maximum Gasteiger partial charge on any atom is 0.257 e. The van der Waals surface area contributed by atoms with Crippen molar-refractivity contribution in [3.63, 3.8) is 0 Å². The van der Waals surface area contributed by atoms with Crippen LogP contribution >= 0.6 is 12.2 Å². The van der Waals surface area contributed by atoms with E-state index in [1.54, 1.807) is 24.3 Å². The molecule has 0 fully saturated rings. The van der Waals surface area contributed by atoms with Crippen LogP contribution in [0.3, 0.4) is 0 Å². The number of nitrogens with one attached hydrogen (secondary N) is 2. The van der Waals surface area contributed by atoms with Crippen LogP contribution < -0.4 is 15.4 Å². The zero-order chi connectivity index (χ0) is 21.5. The number of hydrogen-bond acceptors (Lipinski definition) is 3. The molecule has 5 heteroatoms. The van der Waals surface area contributed by atoms with Gasteiger partial charge < -0.3 is 10.1 Å². The average molecular weight is 427 g/mol. The summed E-state index contributed by atoms with van der Waals surface area (Å²) in [5.41, 5.74) is 2.59. The van der Waals surface area contributed by atoms with Crippen molar-refractivity contribution in [1.82, 2.24) is 5.32 Å². The molecule has 0 aliphatic heterocycles. The molecule has 31 heavy (non-hydrogen) atoms. The minimum Gasteiger partial charge on any atom is -0.493 e. The SMILES string of the molecule is O=C(NC(=S)Nc1cccc2ccccc12)c1ccc(OCCc2ccccc2)cc1. The van der Waals surface area contributed by atoms with Crippen LogP contribution in [0.15, 0.2) is 97.1 Å². The van der Waals surface area contributed by atoms with E-state index in [0.717, 1.165) is 28.6 Å². The molecule has 0 aliphatic rings. The fourth-order valence-electron chi connectivity index (χ4n) is 3.30. The van der Waals surface area contributed by atoms with Crippen molar-refractivity contribution in [2.75, 3.05) is 11.9 Å². The molecule has 0 aliphatic carbocycles. The van der Waals surface area contributed by atoms with Gasteiger partial charge in [0.05, 0.1) is 6.61 Å². The Kier molecular flexibility index (Phi) is 6.55. The molecule has 0 spiro atoms. The fraction of sp³-hybridized carbons (Fsp3) is 0.0769. The van der Waals surface area contributed by atoms with Crippen LogP contribution in [-0.2, 0) is 6.42 Å². The van der Waals surface area contributed by atoms with E-state index < -0.39 is 0 Å². The summed E-state index contributed by atoms with van der Waals surface area (Å²) >= 11 is 5.34. The first kappa shape index (κ1) is 20.6. The minimum absolute atomic E-state index is 0.254. The smallest absolute Gasteiger partial charge is 0.257 e. The summed E-state index contributed by atoms with van der Waals surface area (Å²) in [6.07, 6.45) is 0.831. The van der Waals surface area contributed by atoms with Crippen molar-refractivity contribution < 1.29 is 9.53 Å². The zero-order valence-corrected chi connectivity index (χ0v) is 17.7. The number of thiocarbonyl (C=S) groups is 1. The summed E-state index contributed by atoms with van der Waals surface area (Å²) in [5.74, 6) is 0.456. The second-order valence-corrected chi connectivity index (χ2v) is 7.45. The Morgan fingerprint density at radius 1 is 0.806 bits per heavy atom. The zero-order valence-electron chi connectivity index (χ0n) is 16.9. The van der Waals surface area contributed by atoms with Gasteiger partial charge in [0, 0.05) is 23.1 Å². The standard InChI is InChI=1S/C26H22N2O2S/c29-25(28-26(31)27-24-12-6-10-20-9-4-5-11-23(20)24)21-13-15-22(16-14-21)30-18-17-19-7-2-1-3-8-19/h1-16H,17-18H2,(H2,27,28,29,31). The van der Waals surface area contributed by atoms with Crippen LogP contribution in [0.4, 0.5) is 5.69 Å². The molecule has 0 radical (unpaired) electrons. The molecular formula is C26H22N2O2S. The molecular weight excluding hydrogens is 404 g/mol. The van der Waals surface area contributed by atoms with Crippen molar-refractivity contribution >= 4 is 39.7 Å². The van der Waals surface area contributed by atoms with Gasteiger partial charge in [-0.15, -0.1) is 0 Å². The third kappa shape index (κ3) is 5.47. The highest BCUT2D eigenvalue weighted by molar-refractivity contribution is 7.80. The first-order valence-corrected chi connectivity index (χ1v) is 10.5. The molecule has 2 N–H and O–H groups in total. The van der Waals surface area contributed by atoms with Gasteiger partial charge in [-0.05, 0) is 53.5 Å². The Labute approximate surface area is 186 Å². The third-order valence-corrected chi connectivity index (χ3v) is 5.09. The number of benzene rings is 4. The predicted octanol–water partition coefficient (Wildman–Crippen LogP) is 5.59. The highest BCUT2D eigenvalue weighted by atomic mass is 32.1. The van der Waals surface area contributed by atoms with Gasteiger partial charge in [-0.3, -0.25) is 10.1 Å². The molecule has 4 aromatic rings. The summed E-state index contributed by atoms with van der Waals surface area (Å²) < 4.78 is 5.78. The summed E-state index contributed by atoms with van der Waals surface area (Å²) in [6, 6.07) is 31.1. The molecule has 0 atom stereocenters. The van der Waals surface area contributed by atoms with Crippen LogP contribution in [0.25, 0.3) is 10.8 Å². The molecule has 0 saturated heterocycles. The molecule has 0 unspecified atom stereocenters. The quantitative estimate of drug-likeness (QED) is 0.395. The first-order valence-electron chi connectivity index (χ1n) is 10.1.